The van der Waals surface area contributed by atoms with Crippen LogP contribution in [-0.2, 0) is 0 Å². The molecule has 7 heteroatoms. The van der Waals surface area contributed by atoms with E-state index < -0.39 is 5.82 Å². The summed E-state index contributed by atoms with van der Waals surface area (Å²) in [6, 6.07) is 43.4. The molecule has 0 unspecified atom stereocenters. The maximum absolute atomic E-state index is 15.7. The van der Waals surface area contributed by atoms with Gasteiger partial charge in [0, 0.05) is 32.7 Å². The average Bonchev–Trinajstić information content (AvgIpc) is 3.62. The van der Waals surface area contributed by atoms with Crippen LogP contribution < -0.4 is 0 Å². The van der Waals surface area contributed by atoms with Crippen LogP contribution in [0, 0.1) is 51.1 Å². The SMILES string of the molecule is N#Cc1ccc(-c2cc(-n3c4ccccc4c4ccc(C#N)cc43)c(-n3c4ccccc4c4ccc(C#N)cc43)cc2C#N)c(F)c1. The van der Waals surface area contributed by atoms with Crippen LogP contribution in [0.4, 0.5) is 4.39 Å². The molecule has 0 aliphatic carbocycles. The van der Waals surface area contributed by atoms with Crippen molar-refractivity contribution in [1.29, 1.82) is 21.0 Å². The van der Waals surface area contributed by atoms with Crippen LogP contribution in [0.2, 0.25) is 0 Å². The molecule has 6 aromatic carbocycles. The topological polar surface area (TPSA) is 105 Å². The smallest absolute Gasteiger partial charge is 0.132 e. The van der Waals surface area contributed by atoms with E-state index in [1.54, 1.807) is 24.3 Å². The molecule has 0 saturated carbocycles. The van der Waals surface area contributed by atoms with Gasteiger partial charge in [-0.25, -0.2) is 4.39 Å². The summed E-state index contributed by atoms with van der Waals surface area (Å²) in [5.41, 5.74) is 6.41. The number of benzene rings is 6. The predicted octanol–water partition coefficient (Wildman–Crippen LogP) is 9.17. The summed E-state index contributed by atoms with van der Waals surface area (Å²) in [4.78, 5) is 0. The Morgan fingerprint density at radius 3 is 1.40 bits per heavy atom. The quantitative estimate of drug-likeness (QED) is 0.201. The maximum Gasteiger partial charge on any atom is 0.132 e. The van der Waals surface area contributed by atoms with Crippen molar-refractivity contribution in [2.75, 3.05) is 0 Å². The number of para-hydroxylation sites is 2. The molecule has 0 aliphatic rings. The Bertz CT molecular complexity index is 2810. The summed E-state index contributed by atoms with van der Waals surface area (Å²) >= 11 is 0. The fraction of sp³-hybridized carbons (Fsp3) is 0. The molecular weight excluding hydrogens is 583 g/mol. The number of hydrogen-bond donors (Lipinski definition) is 0. The van der Waals surface area contributed by atoms with Gasteiger partial charge in [-0.1, -0.05) is 54.6 Å². The van der Waals surface area contributed by atoms with Crippen molar-refractivity contribution >= 4 is 43.6 Å². The van der Waals surface area contributed by atoms with Crippen molar-refractivity contribution in [3.8, 4) is 46.8 Å². The first kappa shape index (κ1) is 27.4. The van der Waals surface area contributed by atoms with E-state index in [0.29, 0.717) is 28.1 Å². The molecule has 0 saturated heterocycles. The number of fused-ring (bicyclic) bond motifs is 6. The van der Waals surface area contributed by atoms with Crippen molar-refractivity contribution in [2.24, 2.45) is 0 Å². The molecule has 0 atom stereocenters. The fourth-order valence-electron chi connectivity index (χ4n) is 6.65. The Morgan fingerprint density at radius 2 is 0.894 bits per heavy atom. The molecule has 8 rings (SSSR count). The lowest BCUT2D eigenvalue weighted by atomic mass is 9.96. The van der Waals surface area contributed by atoms with Gasteiger partial charge in [0.15, 0.2) is 0 Å². The number of aromatic nitrogens is 2. The van der Waals surface area contributed by atoms with Crippen LogP contribution in [0.15, 0.2) is 115 Å². The Labute approximate surface area is 267 Å². The van der Waals surface area contributed by atoms with Crippen LogP contribution >= 0.6 is 0 Å². The number of hydrogen-bond acceptors (Lipinski definition) is 4. The van der Waals surface area contributed by atoms with Crippen molar-refractivity contribution in [3.05, 3.63) is 143 Å². The highest BCUT2D eigenvalue weighted by Gasteiger charge is 2.23. The first-order valence-corrected chi connectivity index (χ1v) is 14.7. The first-order valence-electron chi connectivity index (χ1n) is 14.7. The summed E-state index contributed by atoms with van der Waals surface area (Å²) in [6.07, 6.45) is 0. The van der Waals surface area contributed by atoms with Crippen LogP contribution in [0.3, 0.4) is 0 Å². The standard InChI is InChI=1S/C40H19FN6/c41-34-15-24(20-42)9-12-28(34)33-19-40(47-36-8-4-2-6-30(36)32-14-11-26(22-44)17-38(32)47)39(18-27(33)23-45)46-35-7-3-1-5-29(35)31-13-10-25(21-43)16-37(31)46/h1-19H. The minimum absolute atomic E-state index is 0.173. The largest absolute Gasteiger partial charge is 0.307 e. The van der Waals surface area contributed by atoms with Gasteiger partial charge in [0.2, 0.25) is 0 Å². The van der Waals surface area contributed by atoms with Crippen molar-refractivity contribution in [1.82, 2.24) is 9.13 Å². The van der Waals surface area contributed by atoms with E-state index in [1.807, 2.05) is 88.0 Å². The molecule has 2 aromatic heterocycles. The third-order valence-corrected chi connectivity index (χ3v) is 8.71. The summed E-state index contributed by atoms with van der Waals surface area (Å²) in [7, 11) is 0. The normalized spacial score (nSPS) is 11.0. The summed E-state index contributed by atoms with van der Waals surface area (Å²) in [5, 5.41) is 43.4. The zero-order valence-corrected chi connectivity index (χ0v) is 24.5. The highest BCUT2D eigenvalue weighted by Crippen LogP contribution is 2.41. The van der Waals surface area contributed by atoms with Crippen LogP contribution in [0.5, 0.6) is 0 Å². The highest BCUT2D eigenvalue weighted by atomic mass is 19.1. The van der Waals surface area contributed by atoms with Gasteiger partial charge in [-0.15, -0.1) is 0 Å². The van der Waals surface area contributed by atoms with Crippen LogP contribution in [-0.4, -0.2) is 9.13 Å². The summed E-state index contributed by atoms with van der Waals surface area (Å²) < 4.78 is 19.7. The van der Waals surface area contributed by atoms with Gasteiger partial charge in [-0.05, 0) is 60.7 Å². The van der Waals surface area contributed by atoms with E-state index in [0.717, 1.165) is 43.6 Å². The predicted molar refractivity (Wildman–Crippen MR) is 179 cm³/mol. The van der Waals surface area contributed by atoms with Crippen molar-refractivity contribution in [2.45, 2.75) is 0 Å². The minimum Gasteiger partial charge on any atom is -0.307 e. The summed E-state index contributed by atoms with van der Waals surface area (Å²) in [6.45, 7) is 0. The van der Waals surface area contributed by atoms with Gasteiger partial charge >= 0.3 is 0 Å². The fourth-order valence-corrected chi connectivity index (χ4v) is 6.65. The van der Waals surface area contributed by atoms with E-state index >= 15 is 4.39 Å². The van der Waals surface area contributed by atoms with E-state index in [2.05, 4.69) is 18.2 Å². The molecule has 216 valence electrons. The lowest BCUT2D eigenvalue weighted by Crippen LogP contribution is -2.06. The first-order chi connectivity index (χ1) is 23.0. The number of nitriles is 4. The zero-order chi connectivity index (χ0) is 32.2. The van der Waals surface area contributed by atoms with Gasteiger partial charge in [-0.3, -0.25) is 0 Å². The third-order valence-electron chi connectivity index (χ3n) is 8.71. The second-order valence-electron chi connectivity index (χ2n) is 11.2. The molecule has 8 aromatic rings. The maximum atomic E-state index is 15.7. The van der Waals surface area contributed by atoms with Gasteiger partial charge in [-0.2, -0.15) is 21.0 Å². The summed E-state index contributed by atoms with van der Waals surface area (Å²) in [5.74, 6) is -0.622. The van der Waals surface area contributed by atoms with Crippen molar-refractivity contribution < 1.29 is 4.39 Å². The molecule has 0 spiro atoms. The molecular formula is C40H19FN6. The van der Waals surface area contributed by atoms with E-state index in [4.69, 9.17) is 0 Å². The molecule has 6 nitrogen and oxygen atoms in total. The molecule has 47 heavy (non-hydrogen) atoms. The highest BCUT2D eigenvalue weighted by molar-refractivity contribution is 6.12. The minimum atomic E-state index is -0.622. The molecule has 0 N–H and O–H groups in total. The molecule has 2 heterocycles. The molecule has 0 aliphatic heterocycles. The van der Waals surface area contributed by atoms with Crippen LogP contribution in [0.1, 0.15) is 22.3 Å². The third kappa shape index (κ3) is 4.06. The van der Waals surface area contributed by atoms with Gasteiger partial charge in [0.05, 0.1) is 80.0 Å². The Balaban J connectivity index is 1.60. The molecule has 0 amide bonds. The van der Waals surface area contributed by atoms with E-state index in [-0.39, 0.29) is 16.7 Å². The zero-order valence-electron chi connectivity index (χ0n) is 24.5. The van der Waals surface area contributed by atoms with E-state index in [1.165, 1.54) is 18.2 Å². The lowest BCUT2D eigenvalue weighted by molar-refractivity contribution is 0.631. The van der Waals surface area contributed by atoms with Gasteiger partial charge in [0.25, 0.3) is 0 Å². The number of halogens is 1. The second kappa shape index (κ2) is 10.5. The Hall–Kier alpha value is -7.19. The second-order valence-corrected chi connectivity index (χ2v) is 11.2. The van der Waals surface area contributed by atoms with Crippen LogP contribution in [0.25, 0.3) is 66.1 Å². The van der Waals surface area contributed by atoms with E-state index in [9.17, 15) is 21.0 Å². The van der Waals surface area contributed by atoms with Gasteiger partial charge < -0.3 is 9.13 Å². The van der Waals surface area contributed by atoms with Crippen molar-refractivity contribution in [3.63, 3.8) is 0 Å². The Morgan fingerprint density at radius 1 is 0.426 bits per heavy atom. The van der Waals surface area contributed by atoms with Gasteiger partial charge in [0.1, 0.15) is 5.82 Å². The molecule has 0 bridgehead atoms. The lowest BCUT2D eigenvalue weighted by Gasteiger charge is -2.19. The molecule has 0 radical (unpaired) electrons. The number of rotatable bonds is 3. The average molecular weight is 603 g/mol. The Kier molecular flexibility index (Phi) is 6.09. The monoisotopic (exact) mass is 602 g/mol. The number of nitrogens with zero attached hydrogens (tertiary/aromatic N) is 6. The molecule has 0 fully saturated rings.